The highest BCUT2D eigenvalue weighted by Gasteiger charge is 2.29. The molecule has 0 saturated carbocycles. The van der Waals surface area contributed by atoms with Gasteiger partial charge in [0.05, 0.1) is 16.7 Å². The molecule has 2 N–H and O–H groups in total. The van der Waals surface area contributed by atoms with Gasteiger partial charge in [0.2, 0.25) is 10.0 Å². The van der Waals surface area contributed by atoms with Crippen LogP contribution in [0.1, 0.15) is 20.8 Å². The summed E-state index contributed by atoms with van der Waals surface area (Å²) in [7, 11) is -2.79. The Labute approximate surface area is 116 Å². The SMILES string of the molecule is CNc1cc([N+](=O)[O-])cc(F)c1S(=O)(=O)NC(C)(C)C. The normalized spacial score (nSPS) is 12.2. The fourth-order valence-electron chi connectivity index (χ4n) is 1.60. The summed E-state index contributed by atoms with van der Waals surface area (Å²) in [6.07, 6.45) is 0. The Morgan fingerprint density at radius 1 is 1.30 bits per heavy atom. The number of benzene rings is 1. The van der Waals surface area contributed by atoms with E-state index in [9.17, 15) is 22.9 Å². The number of rotatable bonds is 4. The lowest BCUT2D eigenvalue weighted by Crippen LogP contribution is -2.41. The van der Waals surface area contributed by atoms with Crippen LogP contribution in [0.3, 0.4) is 0 Å². The molecule has 1 aromatic carbocycles. The Balaban J connectivity index is 3.49. The van der Waals surface area contributed by atoms with Crippen molar-refractivity contribution in [1.29, 1.82) is 0 Å². The van der Waals surface area contributed by atoms with E-state index < -0.39 is 36.9 Å². The lowest BCUT2D eigenvalue weighted by atomic mass is 10.1. The lowest BCUT2D eigenvalue weighted by molar-refractivity contribution is -0.385. The lowest BCUT2D eigenvalue weighted by Gasteiger charge is -2.21. The summed E-state index contributed by atoms with van der Waals surface area (Å²) in [6, 6.07) is 1.55. The van der Waals surface area contributed by atoms with Crippen molar-refractivity contribution >= 4 is 21.4 Å². The molecule has 0 aromatic heterocycles. The van der Waals surface area contributed by atoms with Crippen molar-refractivity contribution in [3.05, 3.63) is 28.1 Å². The molecule has 0 aliphatic carbocycles. The van der Waals surface area contributed by atoms with Crippen LogP contribution in [-0.4, -0.2) is 25.9 Å². The minimum absolute atomic E-state index is 0.173. The van der Waals surface area contributed by atoms with Crippen LogP contribution in [0.5, 0.6) is 0 Å². The molecule has 0 bridgehead atoms. The van der Waals surface area contributed by atoms with Gasteiger partial charge in [-0.25, -0.2) is 17.5 Å². The third-order valence-corrected chi connectivity index (χ3v) is 4.05. The molecule has 0 spiro atoms. The molecule has 7 nitrogen and oxygen atoms in total. The summed E-state index contributed by atoms with van der Waals surface area (Å²) in [4.78, 5) is 9.22. The molecule has 0 atom stereocenters. The van der Waals surface area contributed by atoms with Gasteiger partial charge in [0.15, 0.2) is 5.82 Å². The van der Waals surface area contributed by atoms with Crippen molar-refractivity contribution in [2.75, 3.05) is 12.4 Å². The number of sulfonamides is 1. The zero-order chi connectivity index (χ0) is 15.7. The summed E-state index contributed by atoms with van der Waals surface area (Å²) in [5, 5.41) is 13.1. The largest absolute Gasteiger partial charge is 0.387 e. The van der Waals surface area contributed by atoms with Crippen LogP contribution in [0.2, 0.25) is 0 Å². The number of nitro benzene ring substituents is 1. The first-order valence-electron chi connectivity index (χ1n) is 5.67. The highest BCUT2D eigenvalue weighted by Crippen LogP contribution is 2.30. The first kappa shape index (κ1) is 16.3. The Hall–Kier alpha value is -1.74. The summed E-state index contributed by atoms with van der Waals surface area (Å²) in [5.74, 6) is -1.18. The van der Waals surface area contributed by atoms with Crippen molar-refractivity contribution in [1.82, 2.24) is 4.72 Å². The minimum atomic E-state index is -4.14. The van der Waals surface area contributed by atoms with Gasteiger partial charge < -0.3 is 5.32 Å². The van der Waals surface area contributed by atoms with Crippen LogP contribution < -0.4 is 10.0 Å². The van der Waals surface area contributed by atoms with E-state index in [4.69, 9.17) is 0 Å². The van der Waals surface area contributed by atoms with Gasteiger partial charge in [-0.1, -0.05) is 0 Å². The summed E-state index contributed by atoms with van der Waals surface area (Å²) in [6.45, 7) is 4.81. The quantitative estimate of drug-likeness (QED) is 0.653. The highest BCUT2D eigenvalue weighted by molar-refractivity contribution is 7.89. The Bertz CT molecular complexity index is 638. The number of hydrogen-bond acceptors (Lipinski definition) is 5. The molecule has 0 unspecified atom stereocenters. The van der Waals surface area contributed by atoms with E-state index >= 15 is 0 Å². The molecule has 0 radical (unpaired) electrons. The van der Waals surface area contributed by atoms with E-state index in [0.29, 0.717) is 6.07 Å². The average Bonchev–Trinajstić information content (AvgIpc) is 2.23. The van der Waals surface area contributed by atoms with Gasteiger partial charge >= 0.3 is 0 Å². The van der Waals surface area contributed by atoms with Crippen LogP contribution in [0.15, 0.2) is 17.0 Å². The molecule has 1 rings (SSSR count). The van der Waals surface area contributed by atoms with Crippen molar-refractivity contribution in [2.24, 2.45) is 0 Å². The van der Waals surface area contributed by atoms with Crippen molar-refractivity contribution in [3.8, 4) is 0 Å². The Kier molecular flexibility index (Phi) is 4.35. The first-order chi connectivity index (χ1) is 8.98. The second-order valence-corrected chi connectivity index (χ2v) is 6.79. The van der Waals surface area contributed by atoms with Gasteiger partial charge in [-0.05, 0) is 20.8 Å². The molecule has 0 heterocycles. The predicted molar refractivity (Wildman–Crippen MR) is 72.7 cm³/mol. The number of halogens is 1. The molecule has 1 aromatic rings. The fraction of sp³-hybridized carbons (Fsp3) is 0.455. The maximum atomic E-state index is 14.0. The smallest absolute Gasteiger partial charge is 0.274 e. The third-order valence-electron chi connectivity index (χ3n) is 2.22. The zero-order valence-corrected chi connectivity index (χ0v) is 12.3. The van der Waals surface area contributed by atoms with Gasteiger partial charge in [0.1, 0.15) is 4.90 Å². The molecule has 112 valence electrons. The molecule has 0 amide bonds. The summed E-state index contributed by atoms with van der Waals surface area (Å²) >= 11 is 0. The summed E-state index contributed by atoms with van der Waals surface area (Å²) in [5.41, 5.74) is -1.51. The van der Waals surface area contributed by atoms with Gasteiger partial charge in [0.25, 0.3) is 5.69 Å². The van der Waals surface area contributed by atoms with Gasteiger partial charge in [0, 0.05) is 18.7 Å². The van der Waals surface area contributed by atoms with Gasteiger partial charge in [-0.2, -0.15) is 0 Å². The number of nitrogens with zero attached hydrogens (tertiary/aromatic N) is 1. The highest BCUT2D eigenvalue weighted by atomic mass is 32.2. The number of anilines is 1. The fourth-order valence-corrected chi connectivity index (χ4v) is 3.27. The summed E-state index contributed by atoms with van der Waals surface area (Å²) < 4.78 is 40.6. The topological polar surface area (TPSA) is 101 Å². The monoisotopic (exact) mass is 305 g/mol. The number of hydrogen-bond donors (Lipinski definition) is 2. The molecule has 0 aliphatic heterocycles. The molecule has 9 heteroatoms. The molecular weight excluding hydrogens is 289 g/mol. The molecular formula is C11H16FN3O4S. The minimum Gasteiger partial charge on any atom is -0.387 e. The standard InChI is InChI=1S/C11H16FN3O4S/c1-11(2,3)14-20(18,19)10-8(12)5-7(15(16)17)6-9(10)13-4/h5-6,13-14H,1-4H3. The van der Waals surface area contributed by atoms with Crippen LogP contribution >= 0.6 is 0 Å². The second kappa shape index (κ2) is 5.33. The van der Waals surface area contributed by atoms with E-state index in [1.165, 1.54) is 7.05 Å². The Morgan fingerprint density at radius 2 is 1.85 bits per heavy atom. The third kappa shape index (κ3) is 3.64. The number of nitrogens with one attached hydrogen (secondary N) is 2. The van der Waals surface area contributed by atoms with Gasteiger partial charge in [-0.3, -0.25) is 10.1 Å². The molecule has 0 fully saturated rings. The van der Waals surface area contributed by atoms with Crippen molar-refractivity contribution < 1.29 is 17.7 Å². The van der Waals surface area contributed by atoms with Crippen molar-refractivity contribution in [3.63, 3.8) is 0 Å². The molecule has 20 heavy (non-hydrogen) atoms. The van der Waals surface area contributed by atoms with E-state index in [2.05, 4.69) is 10.0 Å². The first-order valence-corrected chi connectivity index (χ1v) is 7.16. The van der Waals surface area contributed by atoms with E-state index in [0.717, 1.165) is 6.07 Å². The van der Waals surface area contributed by atoms with Crippen molar-refractivity contribution in [2.45, 2.75) is 31.2 Å². The second-order valence-electron chi connectivity index (χ2n) is 5.17. The average molecular weight is 305 g/mol. The molecule has 0 saturated heterocycles. The van der Waals surface area contributed by atoms with Crippen LogP contribution in [0.4, 0.5) is 15.8 Å². The van der Waals surface area contributed by atoms with E-state index in [1.807, 2.05) is 0 Å². The number of non-ortho nitro benzene ring substituents is 1. The maximum Gasteiger partial charge on any atom is 0.274 e. The van der Waals surface area contributed by atoms with Crippen LogP contribution in [0.25, 0.3) is 0 Å². The predicted octanol–water partition coefficient (Wildman–Crippen LogP) is 1.85. The maximum absolute atomic E-state index is 14.0. The van der Waals surface area contributed by atoms with Crippen LogP contribution in [-0.2, 0) is 10.0 Å². The molecule has 0 aliphatic rings. The van der Waals surface area contributed by atoms with E-state index in [-0.39, 0.29) is 5.69 Å². The zero-order valence-electron chi connectivity index (χ0n) is 11.5. The van der Waals surface area contributed by atoms with Gasteiger partial charge in [-0.15, -0.1) is 0 Å². The van der Waals surface area contributed by atoms with E-state index in [1.54, 1.807) is 20.8 Å². The Morgan fingerprint density at radius 3 is 2.25 bits per heavy atom. The number of nitro groups is 1. The van der Waals surface area contributed by atoms with Crippen LogP contribution in [0, 0.1) is 15.9 Å².